The summed E-state index contributed by atoms with van der Waals surface area (Å²) in [6, 6.07) is 7.11. The molecular weight excluding hydrogens is 362 g/mol. The molecule has 1 saturated heterocycles. The van der Waals surface area contributed by atoms with Crippen LogP contribution in [0.1, 0.15) is 29.9 Å². The largest absolute Gasteiger partial charge is 0.461 e. The first-order chi connectivity index (χ1) is 13.5. The fourth-order valence-corrected chi connectivity index (χ4v) is 3.33. The molecule has 0 saturated carbocycles. The van der Waals surface area contributed by atoms with Crippen molar-refractivity contribution >= 4 is 23.0 Å². The molecular formula is C20H25N3O5. The van der Waals surface area contributed by atoms with Crippen LogP contribution in [-0.2, 0) is 16.0 Å². The van der Waals surface area contributed by atoms with Crippen molar-refractivity contribution in [3.8, 4) is 0 Å². The van der Waals surface area contributed by atoms with Gasteiger partial charge in [-0.15, -0.1) is 0 Å². The first-order valence-corrected chi connectivity index (χ1v) is 9.50. The topological polar surface area (TPSA) is 91.9 Å². The Hall–Kier alpha value is -2.87. The summed E-state index contributed by atoms with van der Waals surface area (Å²) < 4.78 is 10.2. The van der Waals surface area contributed by atoms with Crippen molar-refractivity contribution in [2.24, 2.45) is 0 Å². The molecule has 0 spiro atoms. The molecule has 8 nitrogen and oxygen atoms in total. The van der Waals surface area contributed by atoms with Crippen molar-refractivity contribution in [2.45, 2.75) is 20.4 Å². The number of piperazine rings is 1. The maximum atomic E-state index is 13.1. The summed E-state index contributed by atoms with van der Waals surface area (Å²) in [6.45, 7) is 6.59. The number of nitrogens with zero attached hydrogens (tertiary/aromatic N) is 2. The molecule has 8 heteroatoms. The first-order valence-electron chi connectivity index (χ1n) is 9.50. The first kappa shape index (κ1) is 19.9. The highest BCUT2D eigenvalue weighted by molar-refractivity contribution is 5.92. The zero-order valence-corrected chi connectivity index (χ0v) is 16.2. The van der Waals surface area contributed by atoms with Crippen molar-refractivity contribution in [1.82, 2.24) is 14.8 Å². The summed E-state index contributed by atoms with van der Waals surface area (Å²) in [5.41, 5.74) is 1.01. The van der Waals surface area contributed by atoms with E-state index in [1.165, 1.54) is 0 Å². The number of fused-ring (bicyclic) bond motifs is 1. The van der Waals surface area contributed by atoms with E-state index in [0.29, 0.717) is 55.8 Å². The molecule has 2 aromatic rings. The molecule has 150 valence electrons. The number of carbonyl (C=O) groups is 2. The van der Waals surface area contributed by atoms with Crippen molar-refractivity contribution in [2.75, 3.05) is 39.4 Å². The lowest BCUT2D eigenvalue weighted by molar-refractivity contribution is 0.0516. The van der Waals surface area contributed by atoms with Crippen molar-refractivity contribution in [3.63, 3.8) is 0 Å². The third-order valence-electron chi connectivity index (χ3n) is 4.77. The molecule has 1 aliphatic rings. The van der Waals surface area contributed by atoms with Crippen LogP contribution in [0.25, 0.3) is 10.9 Å². The monoisotopic (exact) mass is 387 g/mol. The van der Waals surface area contributed by atoms with Gasteiger partial charge >= 0.3 is 12.1 Å². The molecule has 1 fully saturated rings. The Bertz CT molecular complexity index is 916. The third kappa shape index (κ3) is 4.17. The van der Waals surface area contributed by atoms with Gasteiger partial charge in [-0.1, -0.05) is 12.1 Å². The number of aromatic amines is 1. The number of hydrogen-bond acceptors (Lipinski definition) is 6. The number of carbonyl (C=O) groups excluding carboxylic acids is 2. The Morgan fingerprint density at radius 3 is 2.39 bits per heavy atom. The van der Waals surface area contributed by atoms with Crippen molar-refractivity contribution in [3.05, 3.63) is 45.7 Å². The Morgan fingerprint density at radius 1 is 1.04 bits per heavy atom. The number of benzene rings is 1. The van der Waals surface area contributed by atoms with Gasteiger partial charge in [-0.25, -0.2) is 9.59 Å². The second-order valence-electron chi connectivity index (χ2n) is 6.54. The minimum Gasteiger partial charge on any atom is -0.461 e. The lowest BCUT2D eigenvalue weighted by Gasteiger charge is -2.34. The minimum atomic E-state index is -0.537. The second-order valence-corrected chi connectivity index (χ2v) is 6.54. The fourth-order valence-electron chi connectivity index (χ4n) is 3.33. The molecule has 3 rings (SSSR count). The molecule has 1 aromatic heterocycles. The molecule has 1 N–H and O–H groups in total. The normalized spacial score (nSPS) is 14.9. The number of H-pyrrole nitrogens is 1. The molecule has 1 aromatic carbocycles. The van der Waals surface area contributed by atoms with Crippen LogP contribution in [0.2, 0.25) is 0 Å². The van der Waals surface area contributed by atoms with Gasteiger partial charge in [-0.3, -0.25) is 9.69 Å². The lowest BCUT2D eigenvalue weighted by atomic mass is 10.1. The summed E-state index contributed by atoms with van der Waals surface area (Å²) in [7, 11) is 0. The average molecular weight is 387 g/mol. The number of esters is 1. The summed E-state index contributed by atoms with van der Waals surface area (Å²) in [6.07, 6.45) is -0.321. The Labute approximate surface area is 163 Å². The molecule has 0 bridgehead atoms. The number of ether oxygens (including phenoxy) is 2. The maximum absolute atomic E-state index is 13.1. The van der Waals surface area contributed by atoms with E-state index < -0.39 is 5.97 Å². The quantitative estimate of drug-likeness (QED) is 0.789. The fraction of sp³-hybridized carbons (Fsp3) is 0.450. The average Bonchev–Trinajstić information content (AvgIpc) is 2.71. The van der Waals surface area contributed by atoms with E-state index in [0.717, 1.165) is 0 Å². The molecule has 0 unspecified atom stereocenters. The van der Waals surface area contributed by atoms with E-state index in [4.69, 9.17) is 9.47 Å². The molecule has 1 amide bonds. The smallest absolute Gasteiger partial charge is 0.409 e. The van der Waals surface area contributed by atoms with Gasteiger partial charge in [0, 0.05) is 49.2 Å². The van der Waals surface area contributed by atoms with E-state index >= 15 is 0 Å². The van der Waals surface area contributed by atoms with Crippen LogP contribution in [0.4, 0.5) is 4.79 Å². The molecule has 0 aliphatic carbocycles. The van der Waals surface area contributed by atoms with Gasteiger partial charge in [0.1, 0.15) is 5.69 Å². The number of pyridine rings is 1. The number of amides is 1. The third-order valence-corrected chi connectivity index (χ3v) is 4.77. The summed E-state index contributed by atoms with van der Waals surface area (Å²) >= 11 is 0. The van der Waals surface area contributed by atoms with Gasteiger partial charge in [0.05, 0.1) is 13.2 Å². The van der Waals surface area contributed by atoms with E-state index in [9.17, 15) is 14.4 Å². The highest BCUT2D eigenvalue weighted by Gasteiger charge is 2.25. The van der Waals surface area contributed by atoms with Crippen LogP contribution in [-0.4, -0.2) is 66.2 Å². The summed E-state index contributed by atoms with van der Waals surface area (Å²) in [5.74, 6) is -0.537. The van der Waals surface area contributed by atoms with Crippen LogP contribution in [0.15, 0.2) is 29.1 Å². The van der Waals surface area contributed by atoms with Crippen molar-refractivity contribution in [1.29, 1.82) is 0 Å². The molecule has 28 heavy (non-hydrogen) atoms. The van der Waals surface area contributed by atoms with Crippen LogP contribution >= 0.6 is 0 Å². The maximum Gasteiger partial charge on any atom is 0.409 e. The Balaban J connectivity index is 1.85. The molecule has 0 radical (unpaired) electrons. The van der Waals surface area contributed by atoms with Gasteiger partial charge in [-0.05, 0) is 26.0 Å². The van der Waals surface area contributed by atoms with Crippen LogP contribution in [0.3, 0.4) is 0 Å². The Morgan fingerprint density at radius 2 is 1.71 bits per heavy atom. The summed E-state index contributed by atoms with van der Waals surface area (Å²) in [4.78, 5) is 44.1. The van der Waals surface area contributed by atoms with E-state index in [1.807, 2.05) is 6.07 Å². The number of rotatable bonds is 5. The number of para-hydroxylation sites is 1. The van der Waals surface area contributed by atoms with E-state index in [2.05, 4.69) is 9.88 Å². The molecule has 0 atom stereocenters. The van der Waals surface area contributed by atoms with Gasteiger partial charge in [0.15, 0.2) is 5.43 Å². The number of nitrogens with one attached hydrogen (secondary N) is 1. The van der Waals surface area contributed by atoms with Gasteiger partial charge in [-0.2, -0.15) is 0 Å². The molecule has 2 heterocycles. The highest BCUT2D eigenvalue weighted by atomic mass is 16.6. The standard InChI is InChI=1S/C20H25N3O5/c1-3-27-19(25)17-15(18(24)14-7-5-6-8-16(14)21-17)13-22-9-11-23(12-10-22)20(26)28-4-2/h5-8H,3-4,9-13H2,1-2H3,(H,21,24). The van der Waals surface area contributed by atoms with Crippen LogP contribution in [0, 0.1) is 0 Å². The van der Waals surface area contributed by atoms with Crippen LogP contribution < -0.4 is 5.43 Å². The predicted molar refractivity (Wildman–Crippen MR) is 104 cm³/mol. The van der Waals surface area contributed by atoms with Gasteiger partial charge in [0.2, 0.25) is 0 Å². The van der Waals surface area contributed by atoms with Gasteiger partial charge in [0.25, 0.3) is 0 Å². The van der Waals surface area contributed by atoms with E-state index in [-0.39, 0.29) is 23.8 Å². The Kier molecular flexibility index (Phi) is 6.30. The van der Waals surface area contributed by atoms with Gasteiger partial charge < -0.3 is 19.4 Å². The minimum absolute atomic E-state index is 0.176. The van der Waals surface area contributed by atoms with Crippen LogP contribution in [0.5, 0.6) is 0 Å². The predicted octanol–water partition coefficient (Wildman–Crippen LogP) is 1.98. The molecule has 1 aliphatic heterocycles. The summed E-state index contributed by atoms with van der Waals surface area (Å²) in [5, 5.41) is 0.538. The zero-order chi connectivity index (χ0) is 20.1. The lowest BCUT2D eigenvalue weighted by Crippen LogP contribution is -2.49. The highest BCUT2D eigenvalue weighted by Crippen LogP contribution is 2.16. The SMILES string of the molecule is CCOC(=O)c1[nH]c2ccccc2c(=O)c1CN1CCN(C(=O)OCC)CC1. The second kappa shape index (κ2) is 8.88. The number of hydrogen-bond donors (Lipinski definition) is 1. The number of aromatic nitrogens is 1. The van der Waals surface area contributed by atoms with E-state index in [1.54, 1.807) is 36.9 Å². The zero-order valence-electron chi connectivity index (χ0n) is 16.2. The van der Waals surface area contributed by atoms with Crippen molar-refractivity contribution < 1.29 is 19.1 Å².